The lowest BCUT2D eigenvalue weighted by Crippen LogP contribution is -2.46. The van der Waals surface area contributed by atoms with Crippen LogP contribution in [0.1, 0.15) is 19.4 Å². The summed E-state index contributed by atoms with van der Waals surface area (Å²) < 4.78 is 0. The van der Waals surface area contributed by atoms with Gasteiger partial charge in [-0.1, -0.05) is 17.7 Å². The van der Waals surface area contributed by atoms with Crippen molar-refractivity contribution >= 4 is 5.69 Å². The van der Waals surface area contributed by atoms with Crippen molar-refractivity contribution < 1.29 is 5.11 Å². The molecule has 1 aromatic rings. The highest BCUT2D eigenvalue weighted by Crippen LogP contribution is 2.20. The lowest BCUT2D eigenvalue weighted by Gasteiger charge is -2.31. The van der Waals surface area contributed by atoms with Crippen LogP contribution in [0.2, 0.25) is 0 Å². The molecule has 0 amide bonds. The number of hydrogen-bond acceptors (Lipinski definition) is 3. The number of benzene rings is 1. The highest BCUT2D eigenvalue weighted by atomic mass is 16.3. The molecule has 0 bridgehead atoms. The van der Waals surface area contributed by atoms with E-state index in [2.05, 4.69) is 55.3 Å². The third-order valence-corrected chi connectivity index (χ3v) is 3.23. The normalized spacial score (nSPS) is 24.5. The van der Waals surface area contributed by atoms with Crippen LogP contribution in [0, 0.1) is 6.92 Å². The van der Waals surface area contributed by atoms with Gasteiger partial charge in [-0.3, -0.25) is 0 Å². The number of rotatable bonds is 1. The van der Waals surface area contributed by atoms with Crippen LogP contribution in [0.15, 0.2) is 24.3 Å². The number of nitrogens with zero attached hydrogens (tertiary/aromatic N) is 1. The average molecular weight is 234 g/mol. The van der Waals surface area contributed by atoms with Gasteiger partial charge in [0.25, 0.3) is 0 Å². The van der Waals surface area contributed by atoms with Crippen LogP contribution < -0.4 is 10.2 Å². The zero-order valence-electron chi connectivity index (χ0n) is 10.9. The molecule has 17 heavy (non-hydrogen) atoms. The van der Waals surface area contributed by atoms with Crippen molar-refractivity contribution in [2.45, 2.75) is 32.4 Å². The molecule has 0 spiro atoms. The van der Waals surface area contributed by atoms with Gasteiger partial charge in [0.1, 0.15) is 0 Å². The number of β-amino-alcohol motifs (C(OH)–C–C–N with tert-alkyl or cyclic N) is 1. The second-order valence-electron chi connectivity index (χ2n) is 5.63. The van der Waals surface area contributed by atoms with Gasteiger partial charge in [0.05, 0.1) is 6.10 Å². The molecule has 1 aliphatic heterocycles. The highest BCUT2D eigenvalue weighted by molar-refractivity contribution is 5.48. The third-order valence-electron chi connectivity index (χ3n) is 3.23. The zero-order valence-corrected chi connectivity index (χ0v) is 10.9. The van der Waals surface area contributed by atoms with Crippen molar-refractivity contribution in [2.75, 3.05) is 24.5 Å². The Morgan fingerprint density at radius 3 is 2.59 bits per heavy atom. The van der Waals surface area contributed by atoms with E-state index in [-0.39, 0.29) is 11.6 Å². The van der Waals surface area contributed by atoms with E-state index in [0.717, 1.165) is 6.54 Å². The maximum Gasteiger partial charge on any atom is 0.0839 e. The lowest BCUT2D eigenvalue weighted by atomic mass is 10.1. The predicted octanol–water partition coefficient (Wildman–Crippen LogP) is 1.54. The first-order chi connectivity index (χ1) is 7.96. The fourth-order valence-corrected chi connectivity index (χ4v) is 2.26. The summed E-state index contributed by atoms with van der Waals surface area (Å²) in [5.74, 6) is 0. The minimum Gasteiger partial charge on any atom is -0.390 e. The van der Waals surface area contributed by atoms with Gasteiger partial charge in [0.15, 0.2) is 0 Å². The number of hydrogen-bond donors (Lipinski definition) is 2. The molecular weight excluding hydrogens is 212 g/mol. The van der Waals surface area contributed by atoms with E-state index in [1.165, 1.54) is 11.3 Å². The Labute approximate surface area is 103 Å². The minimum atomic E-state index is -0.307. The first-order valence-electron chi connectivity index (χ1n) is 6.21. The Kier molecular flexibility index (Phi) is 3.40. The molecule has 0 saturated carbocycles. The topological polar surface area (TPSA) is 35.5 Å². The van der Waals surface area contributed by atoms with E-state index in [0.29, 0.717) is 13.1 Å². The molecule has 0 aromatic heterocycles. The number of nitrogens with one attached hydrogen (secondary N) is 1. The van der Waals surface area contributed by atoms with Crippen LogP contribution in [-0.4, -0.2) is 36.4 Å². The quantitative estimate of drug-likeness (QED) is 0.774. The second-order valence-corrected chi connectivity index (χ2v) is 5.63. The van der Waals surface area contributed by atoms with Crippen molar-refractivity contribution in [1.82, 2.24) is 5.32 Å². The Morgan fingerprint density at radius 2 is 1.94 bits per heavy atom. The summed E-state index contributed by atoms with van der Waals surface area (Å²) in [6, 6.07) is 8.49. The summed E-state index contributed by atoms with van der Waals surface area (Å²) in [4.78, 5) is 2.25. The van der Waals surface area contributed by atoms with Crippen molar-refractivity contribution in [1.29, 1.82) is 0 Å². The highest BCUT2D eigenvalue weighted by Gasteiger charge is 2.27. The van der Waals surface area contributed by atoms with Crippen molar-refractivity contribution in [2.24, 2.45) is 0 Å². The molecule has 1 fully saturated rings. The fraction of sp³-hybridized carbons (Fsp3) is 0.571. The molecule has 1 aliphatic rings. The second kappa shape index (κ2) is 4.67. The summed E-state index contributed by atoms with van der Waals surface area (Å²) in [7, 11) is 0. The number of aliphatic hydroxyl groups excluding tert-OH is 1. The van der Waals surface area contributed by atoms with Gasteiger partial charge < -0.3 is 15.3 Å². The summed E-state index contributed by atoms with van der Waals surface area (Å²) in [6.07, 6.45) is -0.307. The van der Waals surface area contributed by atoms with Gasteiger partial charge in [-0.25, -0.2) is 0 Å². The van der Waals surface area contributed by atoms with E-state index < -0.39 is 0 Å². The van der Waals surface area contributed by atoms with Crippen LogP contribution in [0.25, 0.3) is 0 Å². The molecule has 94 valence electrons. The molecule has 0 aliphatic carbocycles. The molecule has 1 heterocycles. The van der Waals surface area contributed by atoms with Crippen LogP contribution in [0.3, 0.4) is 0 Å². The fourth-order valence-electron chi connectivity index (χ4n) is 2.26. The molecule has 2 rings (SSSR count). The van der Waals surface area contributed by atoms with Crippen LogP contribution in [0.5, 0.6) is 0 Å². The lowest BCUT2D eigenvalue weighted by molar-refractivity contribution is 0.179. The number of aryl methyl sites for hydroxylation is 1. The maximum atomic E-state index is 9.90. The predicted molar refractivity (Wildman–Crippen MR) is 71.5 cm³/mol. The summed E-state index contributed by atoms with van der Waals surface area (Å²) in [6.45, 7) is 8.70. The van der Waals surface area contributed by atoms with E-state index in [1.807, 2.05) is 0 Å². The number of anilines is 1. The molecular formula is C14H22N2O. The number of aliphatic hydroxyl groups is 1. The van der Waals surface area contributed by atoms with E-state index in [9.17, 15) is 5.11 Å². The smallest absolute Gasteiger partial charge is 0.0839 e. The molecule has 1 atom stereocenters. The first kappa shape index (κ1) is 12.4. The zero-order chi connectivity index (χ0) is 12.5. The van der Waals surface area contributed by atoms with Crippen LogP contribution >= 0.6 is 0 Å². The SMILES string of the molecule is Cc1ccc(N2CC(O)CNC(C)(C)C2)cc1. The Morgan fingerprint density at radius 1 is 1.29 bits per heavy atom. The minimum absolute atomic E-state index is 0.0301. The molecule has 1 aromatic carbocycles. The third kappa shape index (κ3) is 3.20. The van der Waals surface area contributed by atoms with Crippen molar-refractivity contribution in [3.8, 4) is 0 Å². The van der Waals surface area contributed by atoms with Crippen molar-refractivity contribution in [3.05, 3.63) is 29.8 Å². The largest absolute Gasteiger partial charge is 0.390 e. The standard InChI is InChI=1S/C14H22N2O/c1-11-4-6-12(7-5-11)16-9-13(17)8-15-14(2,3)10-16/h4-7,13,15,17H,8-10H2,1-3H3. The maximum absolute atomic E-state index is 9.90. The Balaban J connectivity index is 2.20. The molecule has 1 unspecified atom stereocenters. The van der Waals surface area contributed by atoms with Gasteiger partial charge in [0.2, 0.25) is 0 Å². The molecule has 3 heteroatoms. The molecule has 2 N–H and O–H groups in total. The van der Waals surface area contributed by atoms with Crippen LogP contribution in [0.4, 0.5) is 5.69 Å². The summed E-state index contributed by atoms with van der Waals surface area (Å²) >= 11 is 0. The first-order valence-corrected chi connectivity index (χ1v) is 6.21. The van der Waals surface area contributed by atoms with Gasteiger partial charge in [-0.15, -0.1) is 0 Å². The van der Waals surface area contributed by atoms with Crippen LogP contribution in [-0.2, 0) is 0 Å². The Bertz CT molecular complexity index is 372. The molecule has 3 nitrogen and oxygen atoms in total. The average Bonchev–Trinajstić information content (AvgIpc) is 2.39. The summed E-state index contributed by atoms with van der Waals surface area (Å²) in [5.41, 5.74) is 2.48. The van der Waals surface area contributed by atoms with Gasteiger partial charge in [-0.2, -0.15) is 0 Å². The van der Waals surface area contributed by atoms with E-state index >= 15 is 0 Å². The molecule has 1 saturated heterocycles. The van der Waals surface area contributed by atoms with Gasteiger partial charge >= 0.3 is 0 Å². The van der Waals surface area contributed by atoms with Gasteiger partial charge in [-0.05, 0) is 32.9 Å². The van der Waals surface area contributed by atoms with Crippen molar-refractivity contribution in [3.63, 3.8) is 0 Å². The van der Waals surface area contributed by atoms with E-state index in [1.54, 1.807) is 0 Å². The van der Waals surface area contributed by atoms with Gasteiger partial charge in [0, 0.05) is 30.9 Å². The Hall–Kier alpha value is -1.06. The monoisotopic (exact) mass is 234 g/mol. The van der Waals surface area contributed by atoms with E-state index in [4.69, 9.17) is 0 Å². The molecule has 0 radical (unpaired) electrons. The summed E-state index contributed by atoms with van der Waals surface area (Å²) in [5, 5.41) is 13.3.